The van der Waals surface area contributed by atoms with E-state index >= 15 is 0 Å². The number of hydrogen-bond acceptors (Lipinski definition) is 4. The second kappa shape index (κ2) is 4.78. The molecule has 2 N–H and O–H groups in total. The molecule has 88 valence electrons. The van der Waals surface area contributed by atoms with Crippen LogP contribution >= 0.6 is 0 Å². The molecule has 1 aliphatic carbocycles. The second-order valence-electron chi connectivity index (χ2n) is 4.62. The zero-order valence-corrected chi connectivity index (χ0v) is 10.1. The van der Waals surface area contributed by atoms with Crippen molar-refractivity contribution in [3.05, 3.63) is 17.6 Å². The van der Waals surface area contributed by atoms with Gasteiger partial charge in [-0.1, -0.05) is 6.92 Å². The van der Waals surface area contributed by atoms with Crippen LogP contribution in [0.5, 0.6) is 0 Å². The SMILES string of the molecule is CCN(Cc1nc(C)cc(N)n1)CC1CC1. The third kappa shape index (κ3) is 3.17. The summed E-state index contributed by atoms with van der Waals surface area (Å²) in [6.07, 6.45) is 2.76. The number of nitrogen functional groups attached to an aromatic ring is 1. The monoisotopic (exact) mass is 220 g/mol. The first-order valence-electron chi connectivity index (χ1n) is 5.99. The van der Waals surface area contributed by atoms with Crippen molar-refractivity contribution in [2.45, 2.75) is 33.2 Å². The van der Waals surface area contributed by atoms with E-state index in [0.29, 0.717) is 5.82 Å². The molecule has 4 heteroatoms. The predicted molar refractivity (Wildman–Crippen MR) is 64.9 cm³/mol. The smallest absolute Gasteiger partial charge is 0.144 e. The highest BCUT2D eigenvalue weighted by molar-refractivity contribution is 5.29. The van der Waals surface area contributed by atoms with Gasteiger partial charge in [-0.3, -0.25) is 4.90 Å². The van der Waals surface area contributed by atoms with E-state index in [1.807, 2.05) is 6.92 Å². The minimum atomic E-state index is 0.574. The van der Waals surface area contributed by atoms with Gasteiger partial charge in [-0.2, -0.15) is 0 Å². The zero-order valence-electron chi connectivity index (χ0n) is 10.1. The molecular formula is C12H20N4. The third-order valence-corrected chi connectivity index (χ3v) is 2.95. The van der Waals surface area contributed by atoms with E-state index in [4.69, 9.17) is 5.73 Å². The van der Waals surface area contributed by atoms with E-state index in [1.54, 1.807) is 6.07 Å². The number of anilines is 1. The normalized spacial score (nSPS) is 15.7. The van der Waals surface area contributed by atoms with Gasteiger partial charge in [0, 0.05) is 18.3 Å². The average molecular weight is 220 g/mol. The first-order valence-corrected chi connectivity index (χ1v) is 5.99. The lowest BCUT2D eigenvalue weighted by molar-refractivity contribution is 0.262. The molecule has 1 heterocycles. The van der Waals surface area contributed by atoms with E-state index in [2.05, 4.69) is 21.8 Å². The lowest BCUT2D eigenvalue weighted by atomic mass is 10.3. The Morgan fingerprint density at radius 2 is 2.19 bits per heavy atom. The van der Waals surface area contributed by atoms with Crippen LogP contribution in [0, 0.1) is 12.8 Å². The molecule has 2 rings (SSSR count). The summed E-state index contributed by atoms with van der Waals surface area (Å²) in [4.78, 5) is 11.1. The van der Waals surface area contributed by atoms with Crippen molar-refractivity contribution < 1.29 is 0 Å². The van der Waals surface area contributed by atoms with Gasteiger partial charge >= 0.3 is 0 Å². The molecule has 0 bridgehead atoms. The van der Waals surface area contributed by atoms with Crippen molar-refractivity contribution in [2.75, 3.05) is 18.8 Å². The fraction of sp³-hybridized carbons (Fsp3) is 0.667. The average Bonchev–Trinajstić information content (AvgIpc) is 2.99. The number of hydrogen-bond donors (Lipinski definition) is 1. The van der Waals surface area contributed by atoms with E-state index in [9.17, 15) is 0 Å². The summed E-state index contributed by atoms with van der Waals surface area (Å²) in [5, 5.41) is 0. The Labute approximate surface area is 96.9 Å². The molecule has 4 nitrogen and oxygen atoms in total. The largest absolute Gasteiger partial charge is 0.384 e. The van der Waals surface area contributed by atoms with Gasteiger partial charge in [0.1, 0.15) is 11.6 Å². The maximum atomic E-state index is 5.72. The van der Waals surface area contributed by atoms with Crippen LogP contribution in [-0.4, -0.2) is 28.0 Å². The summed E-state index contributed by atoms with van der Waals surface area (Å²) in [7, 11) is 0. The Morgan fingerprint density at radius 3 is 2.75 bits per heavy atom. The molecule has 0 aliphatic heterocycles. The number of aryl methyl sites for hydroxylation is 1. The number of nitrogens with two attached hydrogens (primary N) is 1. The highest BCUT2D eigenvalue weighted by Gasteiger charge is 2.23. The summed E-state index contributed by atoms with van der Waals surface area (Å²) in [6, 6.07) is 1.81. The maximum absolute atomic E-state index is 5.72. The van der Waals surface area contributed by atoms with Crippen molar-refractivity contribution in [2.24, 2.45) is 5.92 Å². The third-order valence-electron chi connectivity index (χ3n) is 2.95. The summed E-state index contributed by atoms with van der Waals surface area (Å²) in [6.45, 7) is 7.18. The highest BCUT2D eigenvalue weighted by atomic mass is 15.1. The second-order valence-corrected chi connectivity index (χ2v) is 4.62. The van der Waals surface area contributed by atoms with Gasteiger partial charge in [0.2, 0.25) is 0 Å². The molecular weight excluding hydrogens is 200 g/mol. The Morgan fingerprint density at radius 1 is 1.44 bits per heavy atom. The maximum Gasteiger partial charge on any atom is 0.144 e. The number of rotatable bonds is 5. The Balaban J connectivity index is 1.99. The van der Waals surface area contributed by atoms with Crippen molar-refractivity contribution in [1.29, 1.82) is 0 Å². The molecule has 0 amide bonds. The van der Waals surface area contributed by atoms with Crippen LogP contribution in [-0.2, 0) is 6.54 Å². The zero-order chi connectivity index (χ0) is 11.5. The topological polar surface area (TPSA) is 55.0 Å². The summed E-state index contributed by atoms with van der Waals surface area (Å²) < 4.78 is 0. The van der Waals surface area contributed by atoms with Crippen molar-refractivity contribution in [1.82, 2.24) is 14.9 Å². The Hall–Kier alpha value is -1.16. The molecule has 16 heavy (non-hydrogen) atoms. The van der Waals surface area contributed by atoms with E-state index in [1.165, 1.54) is 19.4 Å². The van der Waals surface area contributed by atoms with Crippen LogP contribution < -0.4 is 5.73 Å². The van der Waals surface area contributed by atoms with Crippen molar-refractivity contribution in [3.63, 3.8) is 0 Å². The van der Waals surface area contributed by atoms with Gasteiger partial charge in [-0.25, -0.2) is 9.97 Å². The van der Waals surface area contributed by atoms with Gasteiger partial charge < -0.3 is 5.73 Å². The first-order chi connectivity index (χ1) is 7.67. The van der Waals surface area contributed by atoms with Crippen LogP contribution in [0.1, 0.15) is 31.3 Å². The fourth-order valence-corrected chi connectivity index (χ4v) is 1.90. The van der Waals surface area contributed by atoms with Gasteiger partial charge in [-0.05, 0) is 32.2 Å². The summed E-state index contributed by atoms with van der Waals surface area (Å²) in [5.41, 5.74) is 6.67. The van der Waals surface area contributed by atoms with Gasteiger partial charge in [0.25, 0.3) is 0 Å². The Kier molecular flexibility index (Phi) is 3.39. The Bertz CT molecular complexity index is 340. The summed E-state index contributed by atoms with van der Waals surface area (Å²) >= 11 is 0. The summed E-state index contributed by atoms with van der Waals surface area (Å²) in [5.74, 6) is 2.33. The highest BCUT2D eigenvalue weighted by Crippen LogP contribution is 2.29. The molecule has 0 aromatic carbocycles. The van der Waals surface area contributed by atoms with Crippen LogP contribution in [0.15, 0.2) is 6.07 Å². The molecule has 1 aromatic heterocycles. The molecule has 1 aromatic rings. The van der Waals surface area contributed by atoms with Gasteiger partial charge in [0.05, 0.1) is 6.54 Å². The molecule has 0 atom stereocenters. The molecule has 0 saturated heterocycles. The molecule has 1 aliphatic rings. The molecule has 0 radical (unpaired) electrons. The first kappa shape index (κ1) is 11.3. The van der Waals surface area contributed by atoms with Crippen LogP contribution in [0.4, 0.5) is 5.82 Å². The fourth-order valence-electron chi connectivity index (χ4n) is 1.90. The van der Waals surface area contributed by atoms with Crippen LogP contribution in [0.2, 0.25) is 0 Å². The van der Waals surface area contributed by atoms with E-state index < -0.39 is 0 Å². The van der Waals surface area contributed by atoms with Crippen molar-refractivity contribution in [3.8, 4) is 0 Å². The minimum absolute atomic E-state index is 0.574. The lowest BCUT2D eigenvalue weighted by Crippen LogP contribution is -2.26. The standard InChI is InChI=1S/C12H20N4/c1-3-16(7-10-4-5-10)8-12-14-9(2)6-11(13)15-12/h6,10H,3-5,7-8H2,1-2H3,(H2,13,14,15). The number of nitrogens with zero attached hydrogens (tertiary/aromatic N) is 3. The van der Waals surface area contributed by atoms with E-state index in [0.717, 1.165) is 30.5 Å². The number of aromatic nitrogens is 2. The lowest BCUT2D eigenvalue weighted by Gasteiger charge is -2.19. The quantitative estimate of drug-likeness (QED) is 0.819. The minimum Gasteiger partial charge on any atom is -0.384 e. The van der Waals surface area contributed by atoms with Gasteiger partial charge in [0.15, 0.2) is 0 Å². The van der Waals surface area contributed by atoms with Gasteiger partial charge in [-0.15, -0.1) is 0 Å². The van der Waals surface area contributed by atoms with Crippen LogP contribution in [0.25, 0.3) is 0 Å². The molecule has 0 spiro atoms. The predicted octanol–water partition coefficient (Wildman–Crippen LogP) is 1.60. The molecule has 1 saturated carbocycles. The van der Waals surface area contributed by atoms with Crippen LogP contribution in [0.3, 0.4) is 0 Å². The molecule has 0 unspecified atom stereocenters. The van der Waals surface area contributed by atoms with E-state index in [-0.39, 0.29) is 0 Å². The molecule has 1 fully saturated rings. The van der Waals surface area contributed by atoms with Crippen molar-refractivity contribution >= 4 is 5.82 Å².